The van der Waals surface area contributed by atoms with Crippen LogP contribution in [0.5, 0.6) is 0 Å². The van der Waals surface area contributed by atoms with E-state index >= 15 is 0 Å². The molecule has 1 aromatic carbocycles. The number of rotatable bonds is 3. The second kappa shape index (κ2) is 4.22. The molecule has 0 bridgehead atoms. The third kappa shape index (κ3) is 1.70. The van der Waals surface area contributed by atoms with Crippen molar-refractivity contribution in [2.75, 3.05) is 5.73 Å². The predicted molar refractivity (Wildman–Crippen MR) is 74.1 cm³/mol. The van der Waals surface area contributed by atoms with E-state index in [0.29, 0.717) is 0 Å². The van der Waals surface area contributed by atoms with Gasteiger partial charge in [-0.1, -0.05) is 12.1 Å². The summed E-state index contributed by atoms with van der Waals surface area (Å²) in [5, 5.41) is 11.1. The number of hydrogen-bond acceptors (Lipinski definition) is 4. The molecule has 1 aliphatic carbocycles. The topological polar surface area (TPSA) is 96.1 Å². The molecule has 20 heavy (non-hydrogen) atoms. The smallest absolute Gasteiger partial charge is 0.295 e. The molecule has 1 aromatic heterocycles. The average molecular weight is 274 g/mol. The summed E-state index contributed by atoms with van der Waals surface area (Å²) in [6.45, 7) is 0. The molecule has 0 radical (unpaired) electrons. The fraction of sp³-hybridized carbons (Fsp3) is 0.308. The molecule has 2 aromatic rings. The van der Waals surface area contributed by atoms with E-state index < -0.39 is 10.5 Å². The highest BCUT2D eigenvalue weighted by Gasteiger charge is 2.32. The number of nitro benzene ring substituents is 1. The van der Waals surface area contributed by atoms with Crippen molar-refractivity contribution >= 4 is 11.4 Å². The molecule has 1 heterocycles. The molecule has 7 nitrogen and oxygen atoms in total. The van der Waals surface area contributed by atoms with Crippen molar-refractivity contribution in [3.05, 3.63) is 50.4 Å². The Hall–Kier alpha value is -2.57. The van der Waals surface area contributed by atoms with Crippen LogP contribution in [0.15, 0.2) is 29.1 Å². The number of nitrogen functional groups attached to an aromatic ring is 1. The number of para-hydroxylation sites is 2. The SMILES string of the molecule is Cn1c(C2CC2)c(N)c(=O)n1-c1ccccc1[N+](=O)[O-]. The van der Waals surface area contributed by atoms with E-state index in [0.717, 1.165) is 18.5 Å². The number of hydrogen-bond donors (Lipinski definition) is 1. The maximum Gasteiger partial charge on any atom is 0.295 e. The number of benzene rings is 1. The lowest BCUT2D eigenvalue weighted by atomic mass is 10.2. The molecule has 104 valence electrons. The zero-order chi connectivity index (χ0) is 14.4. The zero-order valence-electron chi connectivity index (χ0n) is 10.9. The van der Waals surface area contributed by atoms with E-state index in [-0.39, 0.29) is 23.0 Å². The summed E-state index contributed by atoms with van der Waals surface area (Å²) in [7, 11) is 1.71. The molecular weight excluding hydrogens is 260 g/mol. The van der Waals surface area contributed by atoms with E-state index in [1.165, 1.54) is 10.7 Å². The van der Waals surface area contributed by atoms with Gasteiger partial charge in [-0.05, 0) is 18.9 Å². The van der Waals surface area contributed by atoms with Crippen LogP contribution in [-0.2, 0) is 7.05 Å². The van der Waals surface area contributed by atoms with Gasteiger partial charge in [-0.15, -0.1) is 0 Å². The monoisotopic (exact) mass is 274 g/mol. The lowest BCUT2D eigenvalue weighted by molar-refractivity contribution is -0.384. The Kier molecular flexibility index (Phi) is 2.63. The Bertz CT molecular complexity index is 755. The fourth-order valence-electron chi connectivity index (χ4n) is 2.55. The van der Waals surface area contributed by atoms with Gasteiger partial charge in [0.05, 0.1) is 10.6 Å². The minimum Gasteiger partial charge on any atom is -0.393 e. The molecule has 0 unspecified atom stereocenters. The number of aromatic nitrogens is 2. The molecule has 3 rings (SSSR count). The minimum absolute atomic E-state index is 0.113. The number of nitro groups is 1. The van der Waals surface area contributed by atoms with Crippen LogP contribution in [0.25, 0.3) is 5.69 Å². The van der Waals surface area contributed by atoms with Gasteiger partial charge in [0.15, 0.2) is 0 Å². The number of anilines is 1. The minimum atomic E-state index is -0.498. The number of nitrogens with two attached hydrogens (primary N) is 1. The molecule has 1 aliphatic rings. The second-order valence-electron chi connectivity index (χ2n) is 4.96. The van der Waals surface area contributed by atoms with Crippen molar-refractivity contribution in [3.63, 3.8) is 0 Å². The summed E-state index contributed by atoms with van der Waals surface area (Å²) in [5.41, 5.74) is 6.57. The van der Waals surface area contributed by atoms with Gasteiger partial charge >= 0.3 is 0 Å². The summed E-state index contributed by atoms with van der Waals surface area (Å²) in [4.78, 5) is 22.9. The van der Waals surface area contributed by atoms with Gasteiger partial charge in [0, 0.05) is 19.0 Å². The lowest BCUT2D eigenvalue weighted by Gasteiger charge is -2.09. The summed E-state index contributed by atoms with van der Waals surface area (Å²) in [6.07, 6.45) is 2.00. The van der Waals surface area contributed by atoms with Crippen LogP contribution >= 0.6 is 0 Å². The summed E-state index contributed by atoms with van der Waals surface area (Å²) in [6, 6.07) is 6.16. The molecule has 2 N–H and O–H groups in total. The molecule has 1 fully saturated rings. The molecule has 1 saturated carbocycles. The summed E-state index contributed by atoms with van der Waals surface area (Å²) >= 11 is 0. The second-order valence-corrected chi connectivity index (χ2v) is 4.96. The zero-order valence-corrected chi connectivity index (χ0v) is 10.9. The molecule has 0 atom stereocenters. The highest BCUT2D eigenvalue weighted by Crippen LogP contribution is 2.42. The van der Waals surface area contributed by atoms with Crippen molar-refractivity contribution in [2.24, 2.45) is 7.05 Å². The highest BCUT2D eigenvalue weighted by atomic mass is 16.6. The summed E-state index contributed by atoms with van der Waals surface area (Å²) < 4.78 is 2.92. The van der Waals surface area contributed by atoms with Crippen LogP contribution in [0.1, 0.15) is 24.5 Å². The van der Waals surface area contributed by atoms with E-state index in [4.69, 9.17) is 5.73 Å². The molecule has 7 heteroatoms. The van der Waals surface area contributed by atoms with E-state index in [1.54, 1.807) is 29.9 Å². The van der Waals surface area contributed by atoms with Gasteiger partial charge in [0.25, 0.3) is 11.2 Å². The van der Waals surface area contributed by atoms with Crippen molar-refractivity contribution in [1.29, 1.82) is 0 Å². The van der Waals surface area contributed by atoms with E-state index in [2.05, 4.69) is 0 Å². The third-order valence-electron chi connectivity index (χ3n) is 3.62. The predicted octanol–water partition coefficient (Wildman–Crippen LogP) is 1.54. The van der Waals surface area contributed by atoms with Crippen molar-refractivity contribution in [1.82, 2.24) is 9.36 Å². The fourth-order valence-corrected chi connectivity index (χ4v) is 2.55. The van der Waals surface area contributed by atoms with Gasteiger partial charge in [-0.3, -0.25) is 19.6 Å². The van der Waals surface area contributed by atoms with Crippen LogP contribution < -0.4 is 11.3 Å². The Labute approximate surface area is 114 Å². The Morgan fingerprint density at radius 3 is 2.60 bits per heavy atom. The molecule has 0 amide bonds. The first-order valence-electron chi connectivity index (χ1n) is 6.33. The highest BCUT2D eigenvalue weighted by molar-refractivity contribution is 5.55. The average Bonchev–Trinajstić information content (AvgIpc) is 3.20. The number of nitrogens with zero attached hydrogens (tertiary/aromatic N) is 3. The largest absolute Gasteiger partial charge is 0.393 e. The quantitative estimate of drug-likeness (QED) is 0.678. The summed E-state index contributed by atoms with van der Waals surface area (Å²) in [5.74, 6) is 0.289. The van der Waals surface area contributed by atoms with E-state index in [9.17, 15) is 14.9 Å². The first-order chi connectivity index (χ1) is 9.52. The first-order valence-corrected chi connectivity index (χ1v) is 6.33. The van der Waals surface area contributed by atoms with Gasteiger partial charge in [-0.25, -0.2) is 4.68 Å². The molecular formula is C13H14N4O3. The van der Waals surface area contributed by atoms with Gasteiger partial charge in [0.2, 0.25) is 0 Å². The molecule has 0 saturated heterocycles. The Morgan fingerprint density at radius 1 is 1.35 bits per heavy atom. The third-order valence-corrected chi connectivity index (χ3v) is 3.62. The first kappa shape index (κ1) is 12.5. The Balaban J connectivity index is 2.29. The van der Waals surface area contributed by atoms with Gasteiger partial charge in [0.1, 0.15) is 11.4 Å². The standard InChI is InChI=1S/C13H14N4O3/c1-15-12(8-6-7-8)11(14)13(18)16(15)9-4-2-3-5-10(9)17(19)20/h2-5,8H,6-7,14H2,1H3. The van der Waals surface area contributed by atoms with Crippen molar-refractivity contribution in [3.8, 4) is 5.69 Å². The van der Waals surface area contributed by atoms with E-state index in [1.807, 2.05) is 0 Å². The van der Waals surface area contributed by atoms with Crippen molar-refractivity contribution in [2.45, 2.75) is 18.8 Å². The van der Waals surface area contributed by atoms with Crippen LogP contribution in [-0.4, -0.2) is 14.3 Å². The molecule has 0 aliphatic heterocycles. The van der Waals surface area contributed by atoms with Gasteiger partial charge < -0.3 is 5.73 Å². The lowest BCUT2D eigenvalue weighted by Crippen LogP contribution is -2.21. The molecule has 0 spiro atoms. The van der Waals surface area contributed by atoms with Gasteiger partial charge in [-0.2, -0.15) is 0 Å². The van der Waals surface area contributed by atoms with Crippen LogP contribution in [0.4, 0.5) is 11.4 Å². The maximum absolute atomic E-state index is 12.3. The van der Waals surface area contributed by atoms with Crippen LogP contribution in [0.3, 0.4) is 0 Å². The maximum atomic E-state index is 12.3. The van der Waals surface area contributed by atoms with Crippen molar-refractivity contribution < 1.29 is 4.92 Å². The van der Waals surface area contributed by atoms with Crippen LogP contribution in [0.2, 0.25) is 0 Å². The normalized spacial score (nSPS) is 14.4. The van der Waals surface area contributed by atoms with Crippen LogP contribution in [0, 0.1) is 10.1 Å². The Morgan fingerprint density at radius 2 is 2.00 bits per heavy atom.